The molecule has 0 spiro atoms. The molecule has 0 saturated heterocycles. The van der Waals surface area contributed by atoms with Crippen molar-refractivity contribution in [2.45, 2.75) is 12.8 Å². The fourth-order valence-corrected chi connectivity index (χ4v) is 2.98. The van der Waals surface area contributed by atoms with Gasteiger partial charge in [0.05, 0.1) is 11.5 Å². The van der Waals surface area contributed by atoms with Gasteiger partial charge in [0.1, 0.15) is 0 Å². The minimum absolute atomic E-state index is 0.0564. The number of benzene rings is 2. The molecule has 0 radical (unpaired) electrons. The maximum absolute atomic E-state index is 13.3. The molecule has 1 aliphatic heterocycles. The minimum Gasteiger partial charge on any atom is -0.362 e. The number of hydrogen-bond donors (Lipinski definition) is 2. The number of nitrogens with zero attached hydrogens (tertiary/aromatic N) is 2. The number of nitro groups is 1. The van der Waals surface area contributed by atoms with E-state index in [0.717, 1.165) is 43.3 Å². The van der Waals surface area contributed by atoms with Crippen molar-refractivity contribution >= 4 is 23.2 Å². The second kappa shape index (κ2) is 7.81. The lowest BCUT2D eigenvalue weighted by atomic mass is 10.0. The maximum atomic E-state index is 13.3. The van der Waals surface area contributed by atoms with Gasteiger partial charge in [-0.25, -0.2) is 0 Å². The van der Waals surface area contributed by atoms with Crippen molar-refractivity contribution in [2.24, 2.45) is 0 Å². The third-order valence-electron chi connectivity index (χ3n) is 4.26. The molecule has 2 aromatic carbocycles. The van der Waals surface area contributed by atoms with Gasteiger partial charge < -0.3 is 4.90 Å². The van der Waals surface area contributed by atoms with E-state index >= 15 is 0 Å². The van der Waals surface area contributed by atoms with E-state index in [9.17, 15) is 24.1 Å². The third kappa shape index (κ3) is 4.20. The van der Waals surface area contributed by atoms with Crippen LogP contribution in [-0.4, -0.2) is 29.8 Å². The predicted molar refractivity (Wildman–Crippen MR) is 95.6 cm³/mol. The van der Waals surface area contributed by atoms with Gasteiger partial charge in [-0.3, -0.25) is 30.6 Å². The number of anilines is 1. The summed E-state index contributed by atoms with van der Waals surface area (Å²) in [5, 5.41) is 10.7. The van der Waals surface area contributed by atoms with E-state index in [-0.39, 0.29) is 12.1 Å². The van der Waals surface area contributed by atoms with Crippen molar-refractivity contribution in [3.05, 3.63) is 69.5 Å². The SMILES string of the molecule is O=C(CN1CCCc2ccccc21)NNC(=O)c1ccc(F)c([N+](=O)[O-])c1. The lowest BCUT2D eigenvalue weighted by molar-refractivity contribution is -0.387. The molecule has 9 heteroatoms. The number of amides is 2. The van der Waals surface area contributed by atoms with Crippen molar-refractivity contribution in [3.63, 3.8) is 0 Å². The van der Waals surface area contributed by atoms with Gasteiger partial charge in [-0.05, 0) is 36.6 Å². The molecule has 1 aliphatic rings. The summed E-state index contributed by atoms with van der Waals surface area (Å²) in [6.07, 6.45) is 1.88. The summed E-state index contributed by atoms with van der Waals surface area (Å²) >= 11 is 0. The molecule has 0 bridgehead atoms. The van der Waals surface area contributed by atoms with Gasteiger partial charge in [0.2, 0.25) is 5.82 Å². The lowest BCUT2D eigenvalue weighted by Crippen LogP contribution is -2.47. The normalized spacial score (nSPS) is 12.9. The van der Waals surface area contributed by atoms with Gasteiger partial charge in [0, 0.05) is 23.9 Å². The highest BCUT2D eigenvalue weighted by Crippen LogP contribution is 2.26. The van der Waals surface area contributed by atoms with Gasteiger partial charge >= 0.3 is 5.69 Å². The number of fused-ring (bicyclic) bond motifs is 1. The third-order valence-corrected chi connectivity index (χ3v) is 4.26. The summed E-state index contributed by atoms with van der Waals surface area (Å²) in [4.78, 5) is 35.9. The number of rotatable bonds is 4. The number of nitrogens with one attached hydrogen (secondary N) is 2. The Morgan fingerprint density at radius 1 is 1.19 bits per heavy atom. The van der Waals surface area contributed by atoms with E-state index in [1.165, 1.54) is 5.56 Å². The van der Waals surface area contributed by atoms with Crippen LogP contribution in [0.5, 0.6) is 0 Å². The van der Waals surface area contributed by atoms with Crippen LogP contribution in [0.4, 0.5) is 15.8 Å². The first-order chi connectivity index (χ1) is 13.0. The molecule has 2 aromatic rings. The summed E-state index contributed by atoms with van der Waals surface area (Å²) < 4.78 is 13.3. The topological polar surface area (TPSA) is 105 Å². The summed E-state index contributed by atoms with van der Waals surface area (Å²) in [7, 11) is 0. The number of hydrogen-bond acceptors (Lipinski definition) is 5. The Balaban J connectivity index is 1.59. The molecule has 2 amide bonds. The number of hydrazine groups is 1. The summed E-state index contributed by atoms with van der Waals surface area (Å²) in [6.45, 7) is 0.781. The molecule has 3 rings (SSSR count). The molecule has 2 N–H and O–H groups in total. The van der Waals surface area contributed by atoms with Gasteiger partial charge in [0.25, 0.3) is 11.8 Å². The van der Waals surface area contributed by atoms with Gasteiger partial charge in [-0.2, -0.15) is 4.39 Å². The fraction of sp³-hybridized carbons (Fsp3) is 0.222. The summed E-state index contributed by atoms with van der Waals surface area (Å²) in [6, 6.07) is 10.6. The van der Waals surface area contributed by atoms with Crippen LogP contribution in [0.15, 0.2) is 42.5 Å². The van der Waals surface area contributed by atoms with Crippen molar-refractivity contribution in [1.29, 1.82) is 0 Å². The van der Waals surface area contributed by atoms with Crippen LogP contribution in [0.25, 0.3) is 0 Å². The number of carbonyl (C=O) groups excluding carboxylic acids is 2. The van der Waals surface area contributed by atoms with Crippen LogP contribution in [0.2, 0.25) is 0 Å². The summed E-state index contributed by atoms with van der Waals surface area (Å²) in [5.74, 6) is -2.24. The molecule has 0 unspecified atom stereocenters. The Kier molecular flexibility index (Phi) is 5.30. The zero-order valence-electron chi connectivity index (χ0n) is 14.3. The smallest absolute Gasteiger partial charge is 0.305 e. The first-order valence-corrected chi connectivity index (χ1v) is 8.31. The first-order valence-electron chi connectivity index (χ1n) is 8.31. The van der Waals surface area contributed by atoms with Gasteiger partial charge in [0.15, 0.2) is 0 Å². The van der Waals surface area contributed by atoms with Crippen LogP contribution in [0.1, 0.15) is 22.3 Å². The fourth-order valence-electron chi connectivity index (χ4n) is 2.98. The van der Waals surface area contributed by atoms with E-state index in [1.54, 1.807) is 0 Å². The highest BCUT2D eigenvalue weighted by atomic mass is 19.1. The van der Waals surface area contributed by atoms with Gasteiger partial charge in [-0.15, -0.1) is 0 Å². The van der Waals surface area contributed by atoms with Crippen molar-refractivity contribution in [3.8, 4) is 0 Å². The molecular weight excluding hydrogens is 355 g/mol. The van der Waals surface area contributed by atoms with E-state index in [4.69, 9.17) is 0 Å². The Morgan fingerprint density at radius 2 is 1.96 bits per heavy atom. The number of aryl methyl sites for hydroxylation is 1. The standard InChI is InChI=1S/C18H17FN4O4/c19-14-8-7-13(10-16(14)23(26)27)18(25)21-20-17(24)11-22-9-3-5-12-4-1-2-6-15(12)22/h1-2,4,6-8,10H,3,5,9,11H2,(H,20,24)(H,21,25). The van der Waals surface area contributed by atoms with Crippen molar-refractivity contribution in [1.82, 2.24) is 10.9 Å². The van der Waals surface area contributed by atoms with Crippen LogP contribution in [0.3, 0.4) is 0 Å². The molecule has 8 nitrogen and oxygen atoms in total. The average Bonchev–Trinajstić information content (AvgIpc) is 2.66. The van der Waals surface area contributed by atoms with Crippen molar-refractivity contribution < 1.29 is 18.9 Å². The number of para-hydroxylation sites is 1. The predicted octanol–water partition coefficient (Wildman–Crippen LogP) is 1.95. The Labute approximate surface area is 154 Å². The Hall–Kier alpha value is -3.49. The molecule has 140 valence electrons. The molecule has 0 fully saturated rings. The van der Waals surface area contributed by atoms with Crippen LogP contribution < -0.4 is 15.8 Å². The molecular formula is C18H17FN4O4. The molecule has 1 heterocycles. The zero-order valence-corrected chi connectivity index (χ0v) is 14.3. The van der Waals surface area contributed by atoms with Crippen LogP contribution in [-0.2, 0) is 11.2 Å². The molecule has 0 aliphatic carbocycles. The van der Waals surface area contributed by atoms with Crippen LogP contribution in [0, 0.1) is 15.9 Å². The Bertz CT molecular complexity index is 903. The quantitative estimate of drug-likeness (QED) is 0.630. The number of carbonyl (C=O) groups is 2. The zero-order chi connectivity index (χ0) is 19.4. The summed E-state index contributed by atoms with van der Waals surface area (Å²) in [5.41, 5.74) is 5.68. The van der Waals surface area contributed by atoms with E-state index in [1.807, 2.05) is 29.2 Å². The lowest BCUT2D eigenvalue weighted by Gasteiger charge is -2.30. The maximum Gasteiger partial charge on any atom is 0.305 e. The molecule has 27 heavy (non-hydrogen) atoms. The molecule has 0 saturated carbocycles. The van der Waals surface area contributed by atoms with Gasteiger partial charge in [-0.1, -0.05) is 18.2 Å². The van der Waals surface area contributed by atoms with E-state index in [2.05, 4.69) is 10.9 Å². The highest BCUT2D eigenvalue weighted by Gasteiger charge is 2.20. The first kappa shape index (κ1) is 18.3. The Morgan fingerprint density at radius 3 is 2.74 bits per heavy atom. The monoisotopic (exact) mass is 372 g/mol. The largest absolute Gasteiger partial charge is 0.362 e. The highest BCUT2D eigenvalue weighted by molar-refractivity contribution is 5.96. The van der Waals surface area contributed by atoms with E-state index < -0.39 is 28.2 Å². The second-order valence-corrected chi connectivity index (χ2v) is 6.08. The van der Waals surface area contributed by atoms with E-state index in [0.29, 0.717) is 0 Å². The number of halogens is 1. The van der Waals surface area contributed by atoms with Crippen LogP contribution >= 0.6 is 0 Å². The molecule has 0 aromatic heterocycles. The average molecular weight is 372 g/mol. The molecule has 0 atom stereocenters. The minimum atomic E-state index is -1.04. The number of nitro benzene ring substituents is 1. The van der Waals surface area contributed by atoms with Crippen molar-refractivity contribution in [2.75, 3.05) is 18.0 Å². The second-order valence-electron chi connectivity index (χ2n) is 6.08.